The van der Waals surface area contributed by atoms with Crippen molar-refractivity contribution in [3.63, 3.8) is 0 Å². The largest absolute Gasteiger partial charge is 0.493 e. The first-order chi connectivity index (χ1) is 12.9. The van der Waals surface area contributed by atoms with Crippen molar-refractivity contribution in [3.8, 4) is 17.2 Å². The summed E-state index contributed by atoms with van der Waals surface area (Å²) in [6.07, 6.45) is 0. The highest BCUT2D eigenvalue weighted by Gasteiger charge is 2.20. The number of nitrogens with one attached hydrogen (secondary N) is 1. The molecule has 0 saturated carbocycles. The van der Waals surface area contributed by atoms with Gasteiger partial charge in [0.25, 0.3) is 5.91 Å². The van der Waals surface area contributed by atoms with E-state index in [2.05, 4.69) is 10.1 Å². The van der Waals surface area contributed by atoms with Gasteiger partial charge < -0.3 is 24.3 Å². The maximum absolute atomic E-state index is 13.5. The quantitative estimate of drug-likeness (QED) is 0.743. The van der Waals surface area contributed by atoms with Gasteiger partial charge in [0.1, 0.15) is 17.2 Å². The van der Waals surface area contributed by atoms with Crippen molar-refractivity contribution in [2.24, 2.45) is 0 Å². The lowest BCUT2D eigenvalue weighted by atomic mass is 10.2. The van der Waals surface area contributed by atoms with Gasteiger partial charge in [-0.3, -0.25) is 4.79 Å². The van der Waals surface area contributed by atoms with E-state index in [-0.39, 0.29) is 5.69 Å². The van der Waals surface area contributed by atoms with Crippen molar-refractivity contribution in [2.45, 2.75) is 0 Å². The second-order valence-corrected chi connectivity index (χ2v) is 5.13. The van der Waals surface area contributed by atoms with Gasteiger partial charge in [0.2, 0.25) is 5.75 Å². The minimum atomic E-state index is -1.29. The number of esters is 1. The standard InChI is InChI=1S/C18H17F2NO6/c1-24-13-7-10(8-14(25-2)17(13)26-3)21-15(22)9-27-18(23)16-11(19)5-4-6-12(16)20/h4-8H,9H2,1-3H3,(H,21,22). The minimum absolute atomic E-state index is 0.280. The van der Waals surface area contributed by atoms with E-state index in [0.29, 0.717) is 17.2 Å². The van der Waals surface area contributed by atoms with E-state index in [9.17, 15) is 18.4 Å². The zero-order valence-electron chi connectivity index (χ0n) is 14.8. The number of hydrogen-bond donors (Lipinski definition) is 1. The topological polar surface area (TPSA) is 83.1 Å². The number of carbonyl (C=O) groups excluding carboxylic acids is 2. The number of anilines is 1. The van der Waals surface area contributed by atoms with Crippen LogP contribution >= 0.6 is 0 Å². The van der Waals surface area contributed by atoms with Gasteiger partial charge >= 0.3 is 5.97 Å². The molecule has 7 nitrogen and oxygen atoms in total. The zero-order valence-corrected chi connectivity index (χ0v) is 14.8. The van der Waals surface area contributed by atoms with Crippen LogP contribution in [0.5, 0.6) is 17.2 Å². The highest BCUT2D eigenvalue weighted by Crippen LogP contribution is 2.39. The molecule has 0 atom stereocenters. The lowest BCUT2D eigenvalue weighted by molar-refractivity contribution is -0.119. The molecule has 0 spiro atoms. The fourth-order valence-corrected chi connectivity index (χ4v) is 2.25. The first-order valence-corrected chi connectivity index (χ1v) is 7.62. The first kappa shape index (κ1) is 20.0. The Balaban J connectivity index is 2.07. The van der Waals surface area contributed by atoms with Gasteiger partial charge in [-0.1, -0.05) is 6.07 Å². The number of benzene rings is 2. The van der Waals surface area contributed by atoms with Crippen molar-refractivity contribution in [1.82, 2.24) is 0 Å². The number of hydrogen-bond acceptors (Lipinski definition) is 6. The summed E-state index contributed by atoms with van der Waals surface area (Å²) in [5, 5.41) is 2.46. The molecule has 1 N–H and O–H groups in total. The van der Waals surface area contributed by atoms with Gasteiger partial charge in [0, 0.05) is 17.8 Å². The SMILES string of the molecule is COc1cc(NC(=O)COC(=O)c2c(F)cccc2F)cc(OC)c1OC. The third-order valence-electron chi connectivity index (χ3n) is 3.45. The molecule has 0 aliphatic rings. The van der Waals surface area contributed by atoms with Gasteiger partial charge in [-0.2, -0.15) is 0 Å². The zero-order chi connectivity index (χ0) is 20.0. The van der Waals surface area contributed by atoms with Gasteiger partial charge in [-0.15, -0.1) is 0 Å². The Bertz CT molecular complexity index is 810. The molecule has 0 unspecified atom stereocenters. The van der Waals surface area contributed by atoms with Crippen LogP contribution in [0.25, 0.3) is 0 Å². The summed E-state index contributed by atoms with van der Waals surface area (Å²) >= 11 is 0. The lowest BCUT2D eigenvalue weighted by Crippen LogP contribution is -2.22. The van der Waals surface area contributed by atoms with Gasteiger partial charge in [0.15, 0.2) is 18.1 Å². The summed E-state index contributed by atoms with van der Waals surface area (Å²) < 4.78 is 47.2. The molecule has 0 radical (unpaired) electrons. The van der Waals surface area contributed by atoms with Crippen molar-refractivity contribution in [1.29, 1.82) is 0 Å². The van der Waals surface area contributed by atoms with Crippen molar-refractivity contribution in [2.75, 3.05) is 33.3 Å². The fourth-order valence-electron chi connectivity index (χ4n) is 2.25. The molecular formula is C18H17F2NO6. The van der Waals surface area contributed by atoms with Crippen LogP contribution in [-0.2, 0) is 9.53 Å². The van der Waals surface area contributed by atoms with E-state index < -0.39 is 35.7 Å². The van der Waals surface area contributed by atoms with Crippen LogP contribution in [0.3, 0.4) is 0 Å². The first-order valence-electron chi connectivity index (χ1n) is 7.62. The van der Waals surface area contributed by atoms with E-state index >= 15 is 0 Å². The molecule has 0 aromatic heterocycles. The Hall–Kier alpha value is -3.36. The van der Waals surface area contributed by atoms with E-state index in [1.807, 2.05) is 0 Å². The molecule has 0 fully saturated rings. The summed E-state index contributed by atoms with van der Waals surface area (Å²) in [6.45, 7) is -0.747. The number of rotatable bonds is 7. The summed E-state index contributed by atoms with van der Waals surface area (Å²) in [5.41, 5.74) is -0.583. The molecular weight excluding hydrogens is 364 g/mol. The lowest BCUT2D eigenvalue weighted by Gasteiger charge is -2.14. The normalized spacial score (nSPS) is 10.1. The van der Waals surface area contributed by atoms with Gasteiger partial charge in [-0.25, -0.2) is 13.6 Å². The van der Waals surface area contributed by atoms with Crippen LogP contribution in [0, 0.1) is 11.6 Å². The van der Waals surface area contributed by atoms with Gasteiger partial charge in [-0.05, 0) is 12.1 Å². The van der Waals surface area contributed by atoms with Crippen LogP contribution in [0.15, 0.2) is 30.3 Å². The maximum atomic E-state index is 13.5. The van der Waals surface area contributed by atoms with Crippen LogP contribution in [0.1, 0.15) is 10.4 Å². The summed E-state index contributed by atoms with van der Waals surface area (Å²) in [4.78, 5) is 23.8. The molecule has 0 aliphatic carbocycles. The molecule has 2 rings (SSSR count). The molecule has 27 heavy (non-hydrogen) atoms. The smallest absolute Gasteiger partial charge is 0.344 e. The Morgan fingerprint density at radius 1 is 0.963 bits per heavy atom. The molecule has 9 heteroatoms. The van der Waals surface area contributed by atoms with Crippen LogP contribution in [-0.4, -0.2) is 39.8 Å². The average Bonchev–Trinajstić information content (AvgIpc) is 2.65. The second kappa shape index (κ2) is 8.84. The van der Waals surface area contributed by atoms with Crippen LogP contribution in [0.4, 0.5) is 14.5 Å². The molecule has 0 saturated heterocycles. The van der Waals surface area contributed by atoms with E-state index in [1.54, 1.807) is 0 Å². The third-order valence-corrected chi connectivity index (χ3v) is 3.45. The highest BCUT2D eigenvalue weighted by atomic mass is 19.1. The number of ether oxygens (including phenoxy) is 4. The third kappa shape index (κ3) is 4.63. The van der Waals surface area contributed by atoms with Crippen LogP contribution < -0.4 is 19.5 Å². The van der Waals surface area contributed by atoms with Crippen molar-refractivity contribution < 1.29 is 37.3 Å². The van der Waals surface area contributed by atoms with Crippen molar-refractivity contribution >= 4 is 17.6 Å². The van der Waals surface area contributed by atoms with Crippen molar-refractivity contribution in [3.05, 3.63) is 47.5 Å². The number of halogens is 2. The molecule has 1 amide bonds. The molecule has 2 aromatic carbocycles. The predicted molar refractivity (Wildman–Crippen MR) is 91.4 cm³/mol. The average molecular weight is 381 g/mol. The predicted octanol–water partition coefficient (Wildman–Crippen LogP) is 2.79. The molecule has 144 valence electrons. The second-order valence-electron chi connectivity index (χ2n) is 5.13. The van der Waals surface area contributed by atoms with Crippen LogP contribution in [0.2, 0.25) is 0 Å². The highest BCUT2D eigenvalue weighted by molar-refractivity contribution is 5.96. The molecule has 2 aromatic rings. The molecule has 0 bridgehead atoms. The monoisotopic (exact) mass is 381 g/mol. The number of amides is 1. The number of carbonyl (C=O) groups is 2. The molecule has 0 heterocycles. The summed E-state index contributed by atoms with van der Waals surface area (Å²) in [5.74, 6) is -3.23. The van der Waals surface area contributed by atoms with Gasteiger partial charge in [0.05, 0.1) is 21.3 Å². The fraction of sp³-hybridized carbons (Fsp3) is 0.222. The van der Waals surface area contributed by atoms with E-state index in [0.717, 1.165) is 18.2 Å². The van der Waals surface area contributed by atoms with E-state index in [1.165, 1.54) is 33.5 Å². The Morgan fingerprint density at radius 3 is 2.00 bits per heavy atom. The number of methoxy groups -OCH3 is 3. The Kier molecular flexibility index (Phi) is 6.53. The maximum Gasteiger partial charge on any atom is 0.344 e. The van der Waals surface area contributed by atoms with E-state index in [4.69, 9.17) is 14.2 Å². The Morgan fingerprint density at radius 2 is 1.52 bits per heavy atom. The summed E-state index contributed by atoms with van der Waals surface area (Å²) in [7, 11) is 4.25. The summed E-state index contributed by atoms with van der Waals surface area (Å²) in [6, 6.07) is 5.87. The Labute approximate surface area is 153 Å². The minimum Gasteiger partial charge on any atom is -0.493 e. The molecule has 0 aliphatic heterocycles.